The van der Waals surface area contributed by atoms with E-state index >= 15 is 0 Å². The Morgan fingerprint density at radius 3 is 2.63 bits per heavy atom. The molecule has 0 aliphatic rings. The molecule has 5 aromatic rings. The Morgan fingerprint density at radius 1 is 0.933 bits per heavy atom. The van der Waals surface area contributed by atoms with Crippen LogP contribution >= 0.6 is 0 Å². The van der Waals surface area contributed by atoms with Crippen molar-refractivity contribution in [2.24, 2.45) is 0 Å². The first-order valence-electron chi connectivity index (χ1n) is 9.61. The highest BCUT2D eigenvalue weighted by Crippen LogP contribution is 2.23. The predicted octanol–water partition coefficient (Wildman–Crippen LogP) is 3.20. The monoisotopic (exact) mass is 394 g/mol. The molecule has 0 radical (unpaired) electrons. The van der Waals surface area contributed by atoms with Gasteiger partial charge in [0.15, 0.2) is 11.5 Å². The van der Waals surface area contributed by atoms with Crippen molar-refractivity contribution in [1.82, 2.24) is 29.9 Å². The lowest BCUT2D eigenvalue weighted by Crippen LogP contribution is -2.24. The van der Waals surface area contributed by atoms with Gasteiger partial charge >= 0.3 is 0 Å². The number of amides is 1. The minimum atomic E-state index is -0.0315. The zero-order chi connectivity index (χ0) is 20.3. The third kappa shape index (κ3) is 3.48. The largest absolute Gasteiger partial charge is 0.352 e. The predicted molar refractivity (Wildman–Crippen MR) is 114 cm³/mol. The van der Waals surface area contributed by atoms with Crippen LogP contribution in [-0.4, -0.2) is 30.5 Å². The Bertz CT molecular complexity index is 1330. The average Bonchev–Trinajstić information content (AvgIpc) is 3.23. The van der Waals surface area contributed by atoms with Crippen LogP contribution in [0.4, 0.5) is 0 Å². The number of hydrogen-bond donors (Lipinski definition) is 1. The van der Waals surface area contributed by atoms with Crippen molar-refractivity contribution in [1.29, 1.82) is 0 Å². The second-order valence-electron chi connectivity index (χ2n) is 6.98. The van der Waals surface area contributed by atoms with Crippen molar-refractivity contribution in [3.8, 4) is 11.4 Å². The van der Waals surface area contributed by atoms with Gasteiger partial charge in [-0.3, -0.25) is 19.2 Å². The molecule has 0 saturated heterocycles. The number of rotatable bonds is 5. The van der Waals surface area contributed by atoms with Crippen LogP contribution in [-0.2, 0) is 17.8 Å². The van der Waals surface area contributed by atoms with E-state index in [0.717, 1.165) is 39.1 Å². The molecule has 0 bridgehead atoms. The van der Waals surface area contributed by atoms with Gasteiger partial charge in [-0.2, -0.15) is 0 Å². The first kappa shape index (κ1) is 17.9. The van der Waals surface area contributed by atoms with Gasteiger partial charge in [-0.1, -0.05) is 30.3 Å². The molecule has 1 amide bonds. The van der Waals surface area contributed by atoms with Gasteiger partial charge in [0.05, 0.1) is 11.9 Å². The highest BCUT2D eigenvalue weighted by Gasteiger charge is 2.11. The fraction of sp³-hybridized carbons (Fsp3) is 0.0870. The van der Waals surface area contributed by atoms with E-state index in [0.29, 0.717) is 13.0 Å². The van der Waals surface area contributed by atoms with Crippen molar-refractivity contribution in [2.75, 3.05) is 0 Å². The van der Waals surface area contributed by atoms with Crippen LogP contribution in [0.5, 0.6) is 0 Å². The molecular weight excluding hydrogens is 376 g/mol. The summed E-state index contributed by atoms with van der Waals surface area (Å²) in [6.07, 6.45) is 7.43. The van der Waals surface area contributed by atoms with E-state index in [1.807, 2.05) is 65.2 Å². The molecule has 0 spiro atoms. The van der Waals surface area contributed by atoms with Gasteiger partial charge in [0.2, 0.25) is 5.91 Å². The van der Waals surface area contributed by atoms with E-state index in [1.165, 1.54) is 0 Å². The summed E-state index contributed by atoms with van der Waals surface area (Å²) in [4.78, 5) is 20.5. The Morgan fingerprint density at radius 2 is 1.80 bits per heavy atom. The standard InChI is InChI=1S/C23H18N6O/c30-21(13-17-3-1-10-24-14-17)26-15-16-5-7-18(8-6-16)22-27-28-23-19-4-2-11-25-20(19)9-12-29(22)23/h1-12,14H,13,15H2,(H,26,30). The number of carbonyl (C=O) groups excluding carboxylic acids is 1. The molecule has 1 N–H and O–H groups in total. The average molecular weight is 394 g/mol. The summed E-state index contributed by atoms with van der Waals surface area (Å²) in [6.45, 7) is 0.469. The molecule has 30 heavy (non-hydrogen) atoms. The highest BCUT2D eigenvalue weighted by molar-refractivity contribution is 5.91. The molecule has 0 fully saturated rings. The van der Waals surface area contributed by atoms with Crippen molar-refractivity contribution < 1.29 is 4.79 Å². The number of benzene rings is 1. The van der Waals surface area contributed by atoms with Crippen LogP contribution in [0.1, 0.15) is 11.1 Å². The van der Waals surface area contributed by atoms with Crippen LogP contribution in [0.15, 0.2) is 79.4 Å². The topological polar surface area (TPSA) is 85.1 Å². The quantitative estimate of drug-likeness (QED) is 0.495. The molecular formula is C23H18N6O. The van der Waals surface area contributed by atoms with Gasteiger partial charge in [-0.25, -0.2) is 0 Å². The van der Waals surface area contributed by atoms with Gasteiger partial charge in [0, 0.05) is 42.3 Å². The lowest BCUT2D eigenvalue weighted by atomic mass is 10.1. The second-order valence-corrected chi connectivity index (χ2v) is 6.98. The minimum absolute atomic E-state index is 0.0315. The van der Waals surface area contributed by atoms with Gasteiger partial charge in [-0.05, 0) is 35.4 Å². The van der Waals surface area contributed by atoms with Crippen LogP contribution in [0.2, 0.25) is 0 Å². The molecule has 7 heteroatoms. The van der Waals surface area contributed by atoms with E-state index in [1.54, 1.807) is 18.6 Å². The second kappa shape index (κ2) is 7.71. The van der Waals surface area contributed by atoms with Crippen LogP contribution in [0.3, 0.4) is 0 Å². The zero-order valence-electron chi connectivity index (χ0n) is 16.1. The summed E-state index contributed by atoms with van der Waals surface area (Å²) in [6, 6.07) is 17.5. The molecule has 1 aromatic carbocycles. The lowest BCUT2D eigenvalue weighted by molar-refractivity contribution is -0.120. The van der Waals surface area contributed by atoms with E-state index in [2.05, 4.69) is 25.5 Å². The maximum Gasteiger partial charge on any atom is 0.224 e. The summed E-state index contributed by atoms with van der Waals surface area (Å²) in [7, 11) is 0. The Hall–Kier alpha value is -4.13. The van der Waals surface area contributed by atoms with Crippen LogP contribution in [0, 0.1) is 0 Å². The number of carbonyl (C=O) groups is 1. The first-order chi connectivity index (χ1) is 14.8. The molecule has 4 heterocycles. The Balaban J connectivity index is 1.31. The van der Waals surface area contributed by atoms with Gasteiger partial charge < -0.3 is 5.32 Å². The number of pyridine rings is 3. The number of hydrogen-bond acceptors (Lipinski definition) is 5. The van der Waals surface area contributed by atoms with E-state index < -0.39 is 0 Å². The molecule has 4 aromatic heterocycles. The molecule has 0 atom stereocenters. The van der Waals surface area contributed by atoms with Crippen molar-refractivity contribution in [3.05, 3.63) is 90.5 Å². The fourth-order valence-corrected chi connectivity index (χ4v) is 3.42. The maximum atomic E-state index is 12.1. The van der Waals surface area contributed by atoms with Crippen molar-refractivity contribution in [2.45, 2.75) is 13.0 Å². The Labute approximate surface area is 172 Å². The summed E-state index contributed by atoms with van der Waals surface area (Å²) >= 11 is 0. The molecule has 0 aliphatic heterocycles. The van der Waals surface area contributed by atoms with Gasteiger partial charge in [0.1, 0.15) is 0 Å². The minimum Gasteiger partial charge on any atom is -0.352 e. The number of nitrogens with zero attached hydrogens (tertiary/aromatic N) is 5. The van der Waals surface area contributed by atoms with Crippen molar-refractivity contribution >= 4 is 22.5 Å². The molecule has 0 saturated carbocycles. The van der Waals surface area contributed by atoms with Crippen LogP contribution < -0.4 is 5.32 Å². The highest BCUT2D eigenvalue weighted by atomic mass is 16.1. The fourth-order valence-electron chi connectivity index (χ4n) is 3.42. The van der Waals surface area contributed by atoms with Gasteiger partial charge in [0.25, 0.3) is 0 Å². The summed E-state index contributed by atoms with van der Waals surface area (Å²) in [5.74, 6) is 0.735. The van der Waals surface area contributed by atoms with Crippen molar-refractivity contribution in [3.63, 3.8) is 0 Å². The molecule has 5 rings (SSSR count). The maximum absolute atomic E-state index is 12.1. The van der Waals surface area contributed by atoms with Gasteiger partial charge in [-0.15, -0.1) is 10.2 Å². The SMILES string of the molecule is O=C(Cc1cccnc1)NCc1ccc(-c2nnc3c4cccnc4ccn23)cc1. The number of nitrogens with one attached hydrogen (secondary N) is 1. The first-order valence-corrected chi connectivity index (χ1v) is 9.61. The molecule has 146 valence electrons. The normalized spacial score (nSPS) is 11.1. The van der Waals surface area contributed by atoms with E-state index in [4.69, 9.17) is 0 Å². The smallest absolute Gasteiger partial charge is 0.224 e. The molecule has 7 nitrogen and oxygen atoms in total. The Kier molecular flexibility index (Phi) is 4.61. The number of fused-ring (bicyclic) bond motifs is 3. The van der Waals surface area contributed by atoms with Crippen LogP contribution in [0.25, 0.3) is 27.9 Å². The molecule has 0 unspecified atom stereocenters. The zero-order valence-corrected chi connectivity index (χ0v) is 16.1. The lowest BCUT2D eigenvalue weighted by Gasteiger charge is -2.07. The molecule has 0 aliphatic carbocycles. The summed E-state index contributed by atoms with van der Waals surface area (Å²) in [5, 5.41) is 12.6. The summed E-state index contributed by atoms with van der Waals surface area (Å²) < 4.78 is 1.97. The number of aromatic nitrogens is 5. The third-order valence-corrected chi connectivity index (χ3v) is 4.95. The van der Waals surface area contributed by atoms with E-state index in [-0.39, 0.29) is 5.91 Å². The summed E-state index contributed by atoms with van der Waals surface area (Å²) in [5.41, 5.74) is 4.54. The third-order valence-electron chi connectivity index (χ3n) is 4.95. The van der Waals surface area contributed by atoms with E-state index in [9.17, 15) is 4.79 Å².